The van der Waals surface area contributed by atoms with Crippen molar-refractivity contribution in [2.75, 3.05) is 0 Å². The zero-order chi connectivity index (χ0) is 15.9. The molecular weight excluding hydrogens is 486 g/mol. The molecule has 4 heteroatoms. The molecule has 1 rings (SSSR count). The molecule has 1 atom stereocenters. The fourth-order valence-corrected chi connectivity index (χ4v) is 4.75. The van der Waals surface area contributed by atoms with E-state index in [1.54, 1.807) is 0 Å². The lowest BCUT2D eigenvalue weighted by Crippen LogP contribution is -2.32. The average Bonchev–Trinajstić information content (AvgIpc) is 2.73. The fraction of sp³-hybridized carbons (Fsp3) is 0.824. The molecule has 1 aromatic heterocycles. The van der Waals surface area contributed by atoms with Crippen LogP contribution in [0.25, 0.3) is 0 Å². The summed E-state index contributed by atoms with van der Waals surface area (Å²) in [5, 5.41) is 4.85. The van der Waals surface area contributed by atoms with Crippen LogP contribution in [-0.2, 0) is 5.54 Å². The van der Waals surface area contributed by atoms with Crippen molar-refractivity contribution in [2.24, 2.45) is 0 Å². The first kappa shape index (κ1) is 19.7. The molecular formula is C17H30I2N2. The molecule has 0 aromatic carbocycles. The normalized spacial score (nSPS) is 14.4. The summed E-state index contributed by atoms with van der Waals surface area (Å²) in [7, 11) is 0. The Morgan fingerprint density at radius 2 is 1.52 bits per heavy atom. The smallest absolute Gasteiger partial charge is 0.127 e. The highest BCUT2D eigenvalue weighted by Crippen LogP contribution is 2.33. The first-order chi connectivity index (χ1) is 9.96. The van der Waals surface area contributed by atoms with Gasteiger partial charge in [-0.3, -0.25) is 4.68 Å². The van der Waals surface area contributed by atoms with Gasteiger partial charge in [0.15, 0.2) is 0 Å². The lowest BCUT2D eigenvalue weighted by atomic mass is 9.88. The summed E-state index contributed by atoms with van der Waals surface area (Å²) >= 11 is 4.84. The van der Waals surface area contributed by atoms with Crippen molar-refractivity contribution in [2.45, 2.75) is 91.0 Å². The van der Waals surface area contributed by atoms with Crippen molar-refractivity contribution in [3.63, 3.8) is 0 Å². The van der Waals surface area contributed by atoms with Crippen molar-refractivity contribution >= 4 is 45.2 Å². The van der Waals surface area contributed by atoms with Gasteiger partial charge in [-0.2, -0.15) is 5.10 Å². The quantitative estimate of drug-likeness (QED) is 0.251. The van der Waals surface area contributed by atoms with Crippen LogP contribution in [0.3, 0.4) is 0 Å². The molecule has 0 radical (unpaired) electrons. The number of unbranched alkanes of at least 4 members (excludes halogenated alkanes) is 5. The van der Waals surface area contributed by atoms with E-state index in [1.807, 2.05) is 0 Å². The van der Waals surface area contributed by atoms with Crippen molar-refractivity contribution in [3.8, 4) is 0 Å². The molecule has 1 heterocycles. The van der Waals surface area contributed by atoms with Gasteiger partial charge in [0.25, 0.3) is 0 Å². The number of hydrogen-bond donors (Lipinski definition) is 0. The summed E-state index contributed by atoms with van der Waals surface area (Å²) in [5.74, 6) is 0. The molecule has 0 aliphatic rings. The zero-order valence-electron chi connectivity index (χ0n) is 14.0. The minimum Gasteiger partial charge on any atom is -0.252 e. The molecule has 2 nitrogen and oxygen atoms in total. The standard InChI is InChI=1S/C17H30I2N2/c1-5-7-9-10-11-13-17(4,12-8-6-2)21-16(19)14(3)15(18)20-21/h5-13H2,1-4H3. The monoisotopic (exact) mass is 516 g/mol. The maximum atomic E-state index is 4.85. The molecule has 0 saturated carbocycles. The Kier molecular flexibility index (Phi) is 9.13. The topological polar surface area (TPSA) is 17.8 Å². The Balaban J connectivity index is 2.79. The molecule has 0 aliphatic heterocycles. The van der Waals surface area contributed by atoms with Crippen LogP contribution in [0.15, 0.2) is 0 Å². The lowest BCUT2D eigenvalue weighted by Gasteiger charge is -2.31. The Hall–Kier alpha value is 0.670. The largest absolute Gasteiger partial charge is 0.252 e. The Morgan fingerprint density at radius 1 is 0.952 bits per heavy atom. The molecule has 122 valence electrons. The van der Waals surface area contributed by atoms with Gasteiger partial charge in [0.2, 0.25) is 0 Å². The van der Waals surface area contributed by atoms with E-state index in [9.17, 15) is 0 Å². The van der Waals surface area contributed by atoms with E-state index in [0.29, 0.717) is 0 Å². The van der Waals surface area contributed by atoms with E-state index in [1.165, 1.54) is 67.1 Å². The van der Waals surface area contributed by atoms with E-state index in [-0.39, 0.29) is 5.54 Å². The number of halogens is 2. The summed E-state index contributed by atoms with van der Waals surface area (Å²) in [4.78, 5) is 0. The van der Waals surface area contributed by atoms with E-state index >= 15 is 0 Å². The SMILES string of the molecule is CCCCCCCC(C)(CCCC)n1nc(I)c(C)c1I. The molecule has 0 aliphatic carbocycles. The van der Waals surface area contributed by atoms with Crippen LogP contribution in [-0.4, -0.2) is 9.78 Å². The van der Waals surface area contributed by atoms with Crippen molar-refractivity contribution in [1.82, 2.24) is 9.78 Å². The van der Waals surface area contributed by atoms with Crippen molar-refractivity contribution < 1.29 is 0 Å². The zero-order valence-corrected chi connectivity index (χ0v) is 18.3. The average molecular weight is 516 g/mol. The van der Waals surface area contributed by atoms with Gasteiger partial charge in [0, 0.05) is 5.56 Å². The Bertz CT molecular complexity index is 429. The summed E-state index contributed by atoms with van der Waals surface area (Å²) in [5.41, 5.74) is 1.53. The summed E-state index contributed by atoms with van der Waals surface area (Å²) in [6, 6.07) is 0. The second-order valence-corrected chi connectivity index (χ2v) is 8.43. The van der Waals surface area contributed by atoms with Crippen LogP contribution in [0.5, 0.6) is 0 Å². The maximum absolute atomic E-state index is 4.85. The molecule has 21 heavy (non-hydrogen) atoms. The Morgan fingerprint density at radius 3 is 2.05 bits per heavy atom. The highest BCUT2D eigenvalue weighted by Gasteiger charge is 2.29. The van der Waals surface area contributed by atoms with Crippen LogP contribution in [0.4, 0.5) is 0 Å². The van der Waals surface area contributed by atoms with Crippen LogP contribution in [0.2, 0.25) is 0 Å². The highest BCUT2D eigenvalue weighted by molar-refractivity contribution is 14.1. The molecule has 0 fully saturated rings. The van der Waals surface area contributed by atoms with Crippen molar-refractivity contribution in [1.29, 1.82) is 0 Å². The minimum atomic E-state index is 0.187. The Labute approximate surface area is 158 Å². The van der Waals surface area contributed by atoms with Gasteiger partial charge in [-0.05, 0) is 71.9 Å². The summed E-state index contributed by atoms with van der Waals surface area (Å²) < 4.78 is 4.80. The van der Waals surface area contributed by atoms with Gasteiger partial charge in [0.05, 0.1) is 5.54 Å². The third-order valence-corrected chi connectivity index (χ3v) is 6.68. The number of hydrogen-bond acceptors (Lipinski definition) is 1. The maximum Gasteiger partial charge on any atom is 0.127 e. The van der Waals surface area contributed by atoms with Gasteiger partial charge < -0.3 is 0 Å². The second-order valence-electron chi connectivity index (χ2n) is 6.38. The predicted octanol–water partition coefficient (Wildman–Crippen LogP) is 6.67. The number of nitrogens with zero attached hydrogens (tertiary/aromatic N) is 2. The van der Waals surface area contributed by atoms with E-state index < -0.39 is 0 Å². The molecule has 0 spiro atoms. The van der Waals surface area contributed by atoms with Crippen molar-refractivity contribution in [3.05, 3.63) is 13.0 Å². The molecule has 0 bridgehead atoms. The molecule has 0 amide bonds. The van der Waals surface area contributed by atoms with Gasteiger partial charge in [-0.15, -0.1) is 0 Å². The minimum absolute atomic E-state index is 0.187. The molecule has 1 aromatic rings. The first-order valence-electron chi connectivity index (χ1n) is 8.37. The molecule has 0 N–H and O–H groups in total. The fourth-order valence-electron chi connectivity index (χ4n) is 2.81. The van der Waals surface area contributed by atoms with Crippen LogP contribution in [0.1, 0.15) is 84.1 Å². The van der Waals surface area contributed by atoms with Gasteiger partial charge in [0.1, 0.15) is 7.40 Å². The third kappa shape index (κ3) is 5.66. The third-order valence-electron chi connectivity index (χ3n) is 4.39. The summed E-state index contributed by atoms with van der Waals surface area (Å²) in [6.45, 7) is 9.16. The lowest BCUT2D eigenvalue weighted by molar-refractivity contribution is 0.223. The number of aromatic nitrogens is 2. The highest BCUT2D eigenvalue weighted by atomic mass is 127. The first-order valence-corrected chi connectivity index (χ1v) is 10.5. The van der Waals surface area contributed by atoms with E-state index in [4.69, 9.17) is 5.10 Å². The van der Waals surface area contributed by atoms with E-state index in [2.05, 4.69) is 77.6 Å². The molecule has 1 unspecified atom stereocenters. The molecule has 0 saturated heterocycles. The van der Waals surface area contributed by atoms with Crippen LogP contribution < -0.4 is 0 Å². The number of rotatable bonds is 10. The second kappa shape index (κ2) is 9.73. The van der Waals surface area contributed by atoms with Crippen LogP contribution in [0, 0.1) is 14.3 Å². The summed E-state index contributed by atoms with van der Waals surface area (Å²) in [6.07, 6.45) is 11.8. The predicted molar refractivity (Wildman–Crippen MR) is 109 cm³/mol. The van der Waals surface area contributed by atoms with Crippen LogP contribution >= 0.6 is 45.2 Å². The van der Waals surface area contributed by atoms with Gasteiger partial charge in [-0.1, -0.05) is 58.8 Å². The van der Waals surface area contributed by atoms with E-state index in [0.717, 1.165) is 3.70 Å². The van der Waals surface area contributed by atoms with Gasteiger partial charge >= 0.3 is 0 Å². The van der Waals surface area contributed by atoms with Gasteiger partial charge in [-0.25, -0.2) is 0 Å².